The SMILES string of the molecule is Cc1cc(C(=O)N(C)C)ccc1N1CCNC(C)C1. The molecule has 19 heavy (non-hydrogen) atoms. The Kier molecular flexibility index (Phi) is 4.10. The summed E-state index contributed by atoms with van der Waals surface area (Å²) in [5.41, 5.74) is 3.17. The van der Waals surface area contributed by atoms with Gasteiger partial charge in [0.2, 0.25) is 0 Å². The molecule has 1 amide bonds. The van der Waals surface area contributed by atoms with E-state index in [0.717, 1.165) is 25.2 Å². The van der Waals surface area contributed by atoms with Crippen molar-refractivity contribution in [1.29, 1.82) is 0 Å². The molecular formula is C15H23N3O. The van der Waals surface area contributed by atoms with Crippen LogP contribution in [-0.4, -0.2) is 50.6 Å². The summed E-state index contributed by atoms with van der Waals surface area (Å²) in [5, 5.41) is 3.44. The summed E-state index contributed by atoms with van der Waals surface area (Å²) in [6.45, 7) is 7.33. The highest BCUT2D eigenvalue weighted by molar-refractivity contribution is 5.94. The van der Waals surface area contributed by atoms with Crippen LogP contribution in [0.1, 0.15) is 22.8 Å². The van der Waals surface area contributed by atoms with Crippen molar-refractivity contribution in [1.82, 2.24) is 10.2 Å². The molecule has 1 aromatic carbocycles. The van der Waals surface area contributed by atoms with Crippen molar-refractivity contribution in [2.75, 3.05) is 38.6 Å². The number of rotatable bonds is 2. The van der Waals surface area contributed by atoms with Crippen LogP contribution in [0.5, 0.6) is 0 Å². The van der Waals surface area contributed by atoms with Crippen LogP contribution in [0, 0.1) is 6.92 Å². The highest BCUT2D eigenvalue weighted by Crippen LogP contribution is 2.23. The first-order valence-corrected chi connectivity index (χ1v) is 6.79. The van der Waals surface area contributed by atoms with E-state index in [9.17, 15) is 4.79 Å². The van der Waals surface area contributed by atoms with Gasteiger partial charge in [0.1, 0.15) is 0 Å². The Hall–Kier alpha value is -1.55. The monoisotopic (exact) mass is 261 g/mol. The largest absolute Gasteiger partial charge is 0.368 e. The van der Waals surface area contributed by atoms with Crippen LogP contribution in [0.15, 0.2) is 18.2 Å². The van der Waals surface area contributed by atoms with Crippen molar-refractivity contribution in [3.05, 3.63) is 29.3 Å². The van der Waals surface area contributed by atoms with E-state index >= 15 is 0 Å². The predicted octanol–water partition coefficient (Wildman–Crippen LogP) is 1.49. The lowest BCUT2D eigenvalue weighted by atomic mass is 10.1. The molecule has 1 N–H and O–H groups in total. The molecule has 1 saturated heterocycles. The normalized spacial score (nSPS) is 19.4. The molecule has 1 aliphatic rings. The molecule has 1 fully saturated rings. The molecule has 0 aliphatic carbocycles. The van der Waals surface area contributed by atoms with E-state index in [-0.39, 0.29) is 5.91 Å². The van der Waals surface area contributed by atoms with Gasteiger partial charge in [-0.05, 0) is 37.6 Å². The van der Waals surface area contributed by atoms with Crippen molar-refractivity contribution in [3.63, 3.8) is 0 Å². The average molecular weight is 261 g/mol. The summed E-state index contributed by atoms with van der Waals surface area (Å²) in [6.07, 6.45) is 0. The van der Waals surface area contributed by atoms with E-state index in [1.54, 1.807) is 19.0 Å². The Morgan fingerprint density at radius 1 is 1.42 bits per heavy atom. The summed E-state index contributed by atoms with van der Waals surface area (Å²) in [6, 6.07) is 6.50. The maximum absolute atomic E-state index is 11.9. The number of piperazine rings is 1. The first-order valence-electron chi connectivity index (χ1n) is 6.79. The van der Waals surface area contributed by atoms with Gasteiger partial charge in [-0.1, -0.05) is 0 Å². The fraction of sp³-hybridized carbons (Fsp3) is 0.533. The van der Waals surface area contributed by atoms with Crippen LogP contribution in [-0.2, 0) is 0 Å². The van der Waals surface area contributed by atoms with E-state index < -0.39 is 0 Å². The second-order valence-corrected chi connectivity index (χ2v) is 5.50. The van der Waals surface area contributed by atoms with Gasteiger partial charge in [0.15, 0.2) is 0 Å². The quantitative estimate of drug-likeness (QED) is 0.876. The first-order chi connectivity index (χ1) is 8.99. The van der Waals surface area contributed by atoms with Crippen LogP contribution in [0.3, 0.4) is 0 Å². The smallest absolute Gasteiger partial charge is 0.253 e. The number of aryl methyl sites for hydroxylation is 1. The lowest BCUT2D eigenvalue weighted by molar-refractivity contribution is 0.0827. The molecule has 0 radical (unpaired) electrons. The number of hydrogen-bond donors (Lipinski definition) is 1. The van der Waals surface area contributed by atoms with Gasteiger partial charge in [0, 0.05) is 51.0 Å². The number of carbonyl (C=O) groups excluding carboxylic acids is 1. The molecule has 0 saturated carbocycles. The molecule has 2 rings (SSSR count). The van der Waals surface area contributed by atoms with Gasteiger partial charge in [-0.25, -0.2) is 0 Å². The molecule has 1 aliphatic heterocycles. The van der Waals surface area contributed by atoms with Crippen molar-refractivity contribution in [2.45, 2.75) is 19.9 Å². The molecule has 0 bridgehead atoms. The molecule has 0 aromatic heterocycles. The van der Waals surface area contributed by atoms with Crippen molar-refractivity contribution in [2.24, 2.45) is 0 Å². The van der Waals surface area contributed by atoms with E-state index in [2.05, 4.69) is 30.1 Å². The minimum atomic E-state index is 0.0586. The maximum atomic E-state index is 11.9. The van der Waals surface area contributed by atoms with Crippen LogP contribution in [0.2, 0.25) is 0 Å². The Morgan fingerprint density at radius 2 is 2.16 bits per heavy atom. The minimum Gasteiger partial charge on any atom is -0.368 e. The zero-order chi connectivity index (χ0) is 14.0. The molecule has 1 atom stereocenters. The average Bonchev–Trinajstić information content (AvgIpc) is 2.37. The predicted molar refractivity (Wildman–Crippen MR) is 78.9 cm³/mol. The second kappa shape index (κ2) is 5.61. The highest BCUT2D eigenvalue weighted by Gasteiger charge is 2.18. The van der Waals surface area contributed by atoms with Crippen molar-refractivity contribution in [3.8, 4) is 0 Å². The Morgan fingerprint density at radius 3 is 2.74 bits per heavy atom. The third-order valence-electron chi connectivity index (χ3n) is 3.56. The lowest BCUT2D eigenvalue weighted by Crippen LogP contribution is -2.49. The maximum Gasteiger partial charge on any atom is 0.253 e. The Bertz CT molecular complexity index is 470. The zero-order valence-corrected chi connectivity index (χ0v) is 12.2. The summed E-state index contributed by atoms with van der Waals surface area (Å²) >= 11 is 0. The number of benzene rings is 1. The molecule has 4 heteroatoms. The fourth-order valence-corrected chi connectivity index (χ4v) is 2.55. The van der Waals surface area contributed by atoms with Gasteiger partial charge in [0.25, 0.3) is 5.91 Å². The summed E-state index contributed by atoms with van der Waals surface area (Å²) < 4.78 is 0. The molecule has 1 unspecified atom stereocenters. The summed E-state index contributed by atoms with van der Waals surface area (Å²) in [4.78, 5) is 15.9. The lowest BCUT2D eigenvalue weighted by Gasteiger charge is -2.34. The number of anilines is 1. The number of carbonyl (C=O) groups is 1. The molecule has 0 spiro atoms. The highest BCUT2D eigenvalue weighted by atomic mass is 16.2. The van der Waals surface area contributed by atoms with E-state index in [1.165, 1.54) is 11.3 Å². The fourth-order valence-electron chi connectivity index (χ4n) is 2.55. The topological polar surface area (TPSA) is 35.6 Å². The van der Waals surface area contributed by atoms with E-state index in [0.29, 0.717) is 6.04 Å². The number of amides is 1. The molecule has 1 heterocycles. The number of hydrogen-bond acceptors (Lipinski definition) is 3. The third-order valence-corrected chi connectivity index (χ3v) is 3.56. The van der Waals surface area contributed by atoms with Gasteiger partial charge in [-0.3, -0.25) is 4.79 Å². The van der Waals surface area contributed by atoms with Gasteiger partial charge in [0.05, 0.1) is 0 Å². The standard InChI is InChI=1S/C15H23N3O/c1-11-9-13(15(19)17(3)4)5-6-14(11)18-8-7-16-12(2)10-18/h5-6,9,12,16H,7-8,10H2,1-4H3. The summed E-state index contributed by atoms with van der Waals surface area (Å²) in [7, 11) is 3.56. The Labute approximate surface area is 115 Å². The van der Waals surface area contributed by atoms with E-state index in [4.69, 9.17) is 0 Å². The van der Waals surface area contributed by atoms with Crippen LogP contribution >= 0.6 is 0 Å². The van der Waals surface area contributed by atoms with Crippen molar-refractivity contribution < 1.29 is 4.79 Å². The van der Waals surface area contributed by atoms with Crippen LogP contribution in [0.25, 0.3) is 0 Å². The van der Waals surface area contributed by atoms with E-state index in [1.807, 2.05) is 12.1 Å². The van der Waals surface area contributed by atoms with Gasteiger partial charge >= 0.3 is 0 Å². The second-order valence-electron chi connectivity index (χ2n) is 5.50. The van der Waals surface area contributed by atoms with Crippen molar-refractivity contribution >= 4 is 11.6 Å². The minimum absolute atomic E-state index is 0.0586. The number of nitrogens with one attached hydrogen (secondary N) is 1. The summed E-state index contributed by atoms with van der Waals surface area (Å²) in [5.74, 6) is 0.0586. The van der Waals surface area contributed by atoms with Crippen LogP contribution in [0.4, 0.5) is 5.69 Å². The van der Waals surface area contributed by atoms with Crippen LogP contribution < -0.4 is 10.2 Å². The third kappa shape index (κ3) is 3.07. The van der Waals surface area contributed by atoms with Gasteiger partial charge in [-0.2, -0.15) is 0 Å². The Balaban J connectivity index is 2.21. The molecular weight excluding hydrogens is 238 g/mol. The molecule has 104 valence electrons. The molecule has 1 aromatic rings. The molecule has 4 nitrogen and oxygen atoms in total. The zero-order valence-electron chi connectivity index (χ0n) is 12.2. The number of nitrogens with zero attached hydrogens (tertiary/aromatic N) is 2. The first kappa shape index (κ1) is 13.9. The van der Waals surface area contributed by atoms with Gasteiger partial charge < -0.3 is 15.1 Å². The van der Waals surface area contributed by atoms with Gasteiger partial charge in [-0.15, -0.1) is 0 Å².